The maximum Gasteiger partial charge on any atom is 0.237 e. The number of imidazole rings is 1. The largest absolute Gasteiger partial charge is 0.493 e. The molecule has 168 valence electrons. The third kappa shape index (κ3) is 2.93. The highest BCUT2D eigenvalue weighted by atomic mass is 16.5. The summed E-state index contributed by atoms with van der Waals surface area (Å²) in [5.74, 6) is 3.41. The molecular weight excluding hydrogens is 424 g/mol. The molecular formula is C27H24N6O. The number of H-pyrrole nitrogens is 1. The molecule has 7 heteroatoms. The second-order valence-corrected chi connectivity index (χ2v) is 8.93. The molecule has 0 saturated carbocycles. The number of nitrogens with zero attached hydrogens (tertiary/aromatic N) is 5. The first-order chi connectivity index (χ1) is 16.8. The Kier molecular flexibility index (Phi) is 4.24. The average Bonchev–Trinajstić information content (AvgIpc) is 3.61. The molecule has 0 fully saturated rings. The van der Waals surface area contributed by atoms with Gasteiger partial charge >= 0.3 is 0 Å². The van der Waals surface area contributed by atoms with E-state index in [1.165, 1.54) is 33.3 Å². The lowest BCUT2D eigenvalue weighted by molar-refractivity contribution is 0.357. The van der Waals surface area contributed by atoms with Gasteiger partial charge in [0.2, 0.25) is 5.95 Å². The maximum absolute atomic E-state index is 5.79. The number of anilines is 1. The van der Waals surface area contributed by atoms with Crippen molar-refractivity contribution in [1.29, 1.82) is 0 Å². The highest BCUT2D eigenvalue weighted by molar-refractivity contribution is 5.86. The summed E-state index contributed by atoms with van der Waals surface area (Å²) < 4.78 is 7.71. The molecule has 1 N–H and O–H groups in total. The third-order valence-electron chi connectivity index (χ3n) is 7.03. The molecule has 3 aromatic heterocycles. The minimum absolute atomic E-state index is 0.0219. The first-order valence-electron chi connectivity index (χ1n) is 11.7. The summed E-state index contributed by atoms with van der Waals surface area (Å²) in [5, 5.41) is 1.31. The predicted molar refractivity (Wildman–Crippen MR) is 131 cm³/mol. The number of benzene rings is 2. The smallest absolute Gasteiger partial charge is 0.237 e. The number of hydrogen-bond acceptors (Lipinski definition) is 5. The summed E-state index contributed by atoms with van der Waals surface area (Å²) in [6.07, 6.45) is 7.42. The topological polar surface area (TPSA) is 71.9 Å². The zero-order chi connectivity index (χ0) is 22.6. The number of ether oxygens (including phenoxy) is 1. The zero-order valence-corrected chi connectivity index (χ0v) is 18.9. The number of fused-ring (bicyclic) bond motifs is 4. The van der Waals surface area contributed by atoms with E-state index in [0.29, 0.717) is 5.95 Å². The van der Waals surface area contributed by atoms with Crippen molar-refractivity contribution in [3.63, 3.8) is 0 Å². The standard InChI is InChI=1S/C27H24N6O/c1-17-28-12-14-32(17)27-29-11-8-24(31-27)33-13-9-21-20-4-2-3-5-22(20)30-25(21)26(33)19-6-7-23-18(16-19)10-15-34-23/h2-8,11-12,14,16,26,30H,9-10,13,15H2,1H3. The molecule has 7 nitrogen and oxygen atoms in total. The summed E-state index contributed by atoms with van der Waals surface area (Å²) in [5.41, 5.74) is 6.34. The van der Waals surface area contributed by atoms with E-state index in [4.69, 9.17) is 9.72 Å². The molecule has 5 aromatic rings. The molecule has 34 heavy (non-hydrogen) atoms. The summed E-state index contributed by atoms with van der Waals surface area (Å²) in [6.45, 7) is 3.58. The SMILES string of the molecule is Cc1nccn1-c1nccc(N2CCc3c([nH]c4ccccc34)C2c2ccc3c(c2)CCO3)n1. The van der Waals surface area contributed by atoms with Crippen LogP contribution in [0, 0.1) is 6.92 Å². The van der Waals surface area contributed by atoms with Gasteiger partial charge in [0.05, 0.1) is 12.6 Å². The van der Waals surface area contributed by atoms with Crippen LogP contribution in [0.15, 0.2) is 67.1 Å². The summed E-state index contributed by atoms with van der Waals surface area (Å²) in [4.78, 5) is 20.0. The van der Waals surface area contributed by atoms with Crippen LogP contribution in [0.5, 0.6) is 5.75 Å². The molecule has 7 rings (SSSR count). The van der Waals surface area contributed by atoms with Gasteiger partial charge in [-0.3, -0.25) is 4.57 Å². The molecule has 0 radical (unpaired) electrons. The van der Waals surface area contributed by atoms with Crippen molar-refractivity contribution in [2.45, 2.75) is 25.8 Å². The van der Waals surface area contributed by atoms with Gasteiger partial charge in [-0.2, -0.15) is 4.98 Å². The molecule has 5 heterocycles. The molecule has 0 spiro atoms. The Morgan fingerprint density at radius 3 is 2.88 bits per heavy atom. The molecule has 1 unspecified atom stereocenters. The van der Waals surface area contributed by atoms with Gasteiger partial charge in [0.25, 0.3) is 0 Å². The molecule has 0 aliphatic carbocycles. The minimum Gasteiger partial charge on any atom is -0.493 e. The van der Waals surface area contributed by atoms with E-state index in [9.17, 15) is 0 Å². The van der Waals surface area contributed by atoms with Crippen LogP contribution < -0.4 is 9.64 Å². The fourth-order valence-corrected chi connectivity index (χ4v) is 5.42. The van der Waals surface area contributed by atoms with Crippen molar-refractivity contribution in [2.24, 2.45) is 0 Å². The maximum atomic E-state index is 5.79. The fraction of sp³-hybridized carbons (Fsp3) is 0.222. The molecule has 2 aromatic carbocycles. The Balaban J connectivity index is 1.40. The van der Waals surface area contributed by atoms with Crippen molar-refractivity contribution < 1.29 is 4.74 Å². The normalized spacial score (nSPS) is 17.0. The highest BCUT2D eigenvalue weighted by Crippen LogP contribution is 2.41. The Labute approximate surface area is 197 Å². The number of aromatic amines is 1. The number of aryl methyl sites for hydroxylation is 1. The van der Waals surface area contributed by atoms with Crippen molar-refractivity contribution in [3.8, 4) is 11.7 Å². The van der Waals surface area contributed by atoms with Gasteiger partial charge in [-0.05, 0) is 54.3 Å². The molecule has 1 atom stereocenters. The van der Waals surface area contributed by atoms with Gasteiger partial charge in [0, 0.05) is 48.2 Å². The molecule has 0 bridgehead atoms. The van der Waals surface area contributed by atoms with E-state index in [1.807, 2.05) is 30.0 Å². The monoisotopic (exact) mass is 448 g/mol. The van der Waals surface area contributed by atoms with E-state index in [-0.39, 0.29) is 6.04 Å². The van der Waals surface area contributed by atoms with E-state index in [0.717, 1.165) is 43.4 Å². The van der Waals surface area contributed by atoms with Crippen LogP contribution in [-0.4, -0.2) is 37.7 Å². The second kappa shape index (κ2) is 7.45. The van der Waals surface area contributed by atoms with Crippen LogP contribution in [0.1, 0.15) is 34.3 Å². The zero-order valence-electron chi connectivity index (χ0n) is 18.9. The van der Waals surface area contributed by atoms with E-state index in [2.05, 4.69) is 62.3 Å². The fourth-order valence-electron chi connectivity index (χ4n) is 5.42. The van der Waals surface area contributed by atoms with Crippen LogP contribution in [0.3, 0.4) is 0 Å². The molecule has 2 aliphatic rings. The third-order valence-corrected chi connectivity index (χ3v) is 7.03. The molecule has 0 saturated heterocycles. The van der Waals surface area contributed by atoms with Crippen molar-refractivity contribution in [1.82, 2.24) is 24.5 Å². The van der Waals surface area contributed by atoms with Gasteiger partial charge in [0.15, 0.2) is 0 Å². The number of aromatic nitrogens is 5. The van der Waals surface area contributed by atoms with Gasteiger partial charge in [0.1, 0.15) is 17.4 Å². The Hall–Kier alpha value is -4.13. The first kappa shape index (κ1) is 19.3. The van der Waals surface area contributed by atoms with Gasteiger partial charge in [-0.1, -0.05) is 24.3 Å². The predicted octanol–water partition coefficient (Wildman–Crippen LogP) is 4.54. The first-order valence-corrected chi connectivity index (χ1v) is 11.7. The van der Waals surface area contributed by atoms with Crippen molar-refractivity contribution >= 4 is 16.7 Å². The number of nitrogens with one attached hydrogen (secondary N) is 1. The minimum atomic E-state index is 0.0219. The Morgan fingerprint density at radius 1 is 1.03 bits per heavy atom. The van der Waals surface area contributed by atoms with Gasteiger partial charge in [-0.15, -0.1) is 0 Å². The summed E-state index contributed by atoms with van der Waals surface area (Å²) >= 11 is 0. The van der Waals surface area contributed by atoms with E-state index < -0.39 is 0 Å². The van der Waals surface area contributed by atoms with Gasteiger partial charge < -0.3 is 14.6 Å². The molecule has 2 aliphatic heterocycles. The lowest BCUT2D eigenvalue weighted by atomic mass is 9.91. The van der Waals surface area contributed by atoms with Crippen molar-refractivity contribution in [3.05, 3.63) is 95.3 Å². The lowest BCUT2D eigenvalue weighted by Gasteiger charge is -2.37. The summed E-state index contributed by atoms with van der Waals surface area (Å²) in [7, 11) is 0. The number of rotatable bonds is 3. The van der Waals surface area contributed by atoms with Crippen LogP contribution in [0.2, 0.25) is 0 Å². The lowest BCUT2D eigenvalue weighted by Crippen LogP contribution is -2.37. The van der Waals surface area contributed by atoms with Crippen LogP contribution in [0.25, 0.3) is 16.9 Å². The van der Waals surface area contributed by atoms with E-state index >= 15 is 0 Å². The van der Waals surface area contributed by atoms with Crippen LogP contribution in [0.4, 0.5) is 5.82 Å². The summed E-state index contributed by atoms with van der Waals surface area (Å²) in [6, 6.07) is 17.2. The average molecular weight is 449 g/mol. The van der Waals surface area contributed by atoms with Crippen LogP contribution >= 0.6 is 0 Å². The van der Waals surface area contributed by atoms with Gasteiger partial charge in [-0.25, -0.2) is 9.97 Å². The second-order valence-electron chi connectivity index (χ2n) is 8.93. The number of hydrogen-bond donors (Lipinski definition) is 1. The van der Waals surface area contributed by atoms with Crippen molar-refractivity contribution in [2.75, 3.05) is 18.1 Å². The Bertz CT molecular complexity index is 1530. The van der Waals surface area contributed by atoms with E-state index in [1.54, 1.807) is 6.20 Å². The quantitative estimate of drug-likeness (QED) is 0.439. The molecule has 0 amide bonds. The highest BCUT2D eigenvalue weighted by Gasteiger charge is 2.33. The Morgan fingerprint density at radius 2 is 1.97 bits per heavy atom. The number of para-hydroxylation sites is 1. The van der Waals surface area contributed by atoms with Crippen LogP contribution in [-0.2, 0) is 12.8 Å².